The molecular weight excluding hydrogens is 598 g/mol. The summed E-state index contributed by atoms with van der Waals surface area (Å²) in [5, 5.41) is 8.59. The van der Waals surface area contributed by atoms with Gasteiger partial charge >= 0.3 is 11.9 Å². The first-order chi connectivity index (χ1) is 23.0. The molecule has 0 N–H and O–H groups in total. The Bertz CT molecular complexity index is 1550. The molecule has 0 heterocycles. The Morgan fingerprint density at radius 1 is 0.617 bits per heavy atom. The fraction of sp³-hybridized carbons (Fsp3) is 0.189. The van der Waals surface area contributed by atoms with E-state index in [1.165, 1.54) is 0 Å². The molecule has 10 nitrogen and oxygen atoms in total. The molecule has 0 amide bonds. The number of anilines is 1. The SMILES string of the molecule is C=CCOc1ccc(C(=O)OCCN(CCOC(=O)c2ccc(OCC=C)cc2)c2ccc(N=Nc3ccc(OC)cc3)cc2)cc1. The molecule has 0 atom stereocenters. The minimum absolute atomic E-state index is 0.104. The van der Waals surface area contributed by atoms with E-state index in [9.17, 15) is 9.59 Å². The second-order valence-corrected chi connectivity index (χ2v) is 9.92. The highest BCUT2D eigenvalue weighted by atomic mass is 16.5. The highest BCUT2D eigenvalue weighted by molar-refractivity contribution is 5.90. The number of hydrogen-bond acceptors (Lipinski definition) is 10. The van der Waals surface area contributed by atoms with Crippen molar-refractivity contribution >= 4 is 29.0 Å². The number of azo groups is 1. The molecule has 0 spiro atoms. The first-order valence-electron chi connectivity index (χ1n) is 14.9. The summed E-state index contributed by atoms with van der Waals surface area (Å²) in [7, 11) is 1.61. The summed E-state index contributed by atoms with van der Waals surface area (Å²) in [4.78, 5) is 27.3. The van der Waals surface area contributed by atoms with Crippen molar-refractivity contribution in [2.24, 2.45) is 10.2 Å². The highest BCUT2D eigenvalue weighted by Gasteiger charge is 2.13. The Morgan fingerprint density at radius 3 is 1.43 bits per heavy atom. The standard InChI is InChI=1S/C37H37N3O7/c1-4-24-44-34-16-6-28(7-17-34)36(41)46-26-22-40(23-27-47-37(42)29-8-18-35(19-9-29)45-25-5-2)32-14-10-30(11-15-32)38-39-31-12-20-33(43-3)21-13-31/h4-21H,1-2,22-27H2,3H3. The van der Waals surface area contributed by atoms with Crippen LogP contribution in [0.1, 0.15) is 20.7 Å². The van der Waals surface area contributed by atoms with Crippen molar-refractivity contribution in [3.63, 3.8) is 0 Å². The second-order valence-electron chi connectivity index (χ2n) is 9.92. The van der Waals surface area contributed by atoms with Gasteiger partial charge in [-0.15, -0.1) is 0 Å². The molecule has 0 bridgehead atoms. The van der Waals surface area contributed by atoms with Crippen LogP contribution in [0.4, 0.5) is 17.1 Å². The van der Waals surface area contributed by atoms with Crippen LogP contribution in [-0.4, -0.2) is 58.6 Å². The number of nitrogens with zero attached hydrogens (tertiary/aromatic N) is 3. The van der Waals surface area contributed by atoms with E-state index in [0.717, 1.165) is 11.4 Å². The monoisotopic (exact) mass is 635 g/mol. The zero-order chi connectivity index (χ0) is 33.3. The molecule has 0 aromatic heterocycles. The molecule has 4 aromatic rings. The lowest BCUT2D eigenvalue weighted by Gasteiger charge is -2.24. The maximum absolute atomic E-state index is 12.7. The van der Waals surface area contributed by atoms with Crippen LogP contribution in [0, 0.1) is 0 Å². The van der Waals surface area contributed by atoms with Crippen LogP contribution in [-0.2, 0) is 9.47 Å². The summed E-state index contributed by atoms with van der Waals surface area (Å²) in [6, 6.07) is 28.1. The summed E-state index contributed by atoms with van der Waals surface area (Å²) in [5.41, 5.74) is 2.99. The number of rotatable bonds is 18. The smallest absolute Gasteiger partial charge is 0.338 e. The van der Waals surface area contributed by atoms with E-state index in [4.69, 9.17) is 23.7 Å². The van der Waals surface area contributed by atoms with Crippen LogP contribution in [0.2, 0.25) is 0 Å². The Kier molecular flexibility index (Phi) is 13.1. The number of ether oxygens (including phenoxy) is 5. The molecule has 4 aromatic carbocycles. The summed E-state index contributed by atoms with van der Waals surface area (Å²) >= 11 is 0. The highest BCUT2D eigenvalue weighted by Crippen LogP contribution is 2.24. The molecule has 0 radical (unpaired) electrons. The van der Waals surface area contributed by atoms with Gasteiger partial charge in [-0.3, -0.25) is 0 Å². The van der Waals surface area contributed by atoms with E-state index in [1.807, 2.05) is 53.4 Å². The number of benzene rings is 4. The molecule has 10 heteroatoms. The molecule has 0 unspecified atom stereocenters. The molecule has 47 heavy (non-hydrogen) atoms. The normalized spacial score (nSPS) is 10.6. The Balaban J connectivity index is 1.37. The first-order valence-corrected chi connectivity index (χ1v) is 14.9. The first kappa shape index (κ1) is 34.0. The van der Waals surface area contributed by atoms with Crippen LogP contribution in [0.3, 0.4) is 0 Å². The molecule has 0 aliphatic rings. The molecule has 0 saturated carbocycles. The predicted octanol–water partition coefficient (Wildman–Crippen LogP) is 7.76. The van der Waals surface area contributed by atoms with Crippen LogP contribution >= 0.6 is 0 Å². The third-order valence-corrected chi connectivity index (χ3v) is 6.67. The van der Waals surface area contributed by atoms with Crippen molar-refractivity contribution in [2.45, 2.75) is 0 Å². The van der Waals surface area contributed by atoms with Gasteiger partial charge in [0.05, 0.1) is 42.7 Å². The summed E-state index contributed by atoms with van der Waals surface area (Å²) < 4.78 is 27.2. The van der Waals surface area contributed by atoms with Gasteiger partial charge in [0.2, 0.25) is 0 Å². The predicted molar refractivity (Wildman–Crippen MR) is 181 cm³/mol. The minimum atomic E-state index is -0.457. The van der Waals surface area contributed by atoms with Gasteiger partial charge in [-0.1, -0.05) is 25.3 Å². The van der Waals surface area contributed by atoms with Gasteiger partial charge in [-0.05, 0) is 97.1 Å². The number of carbonyl (C=O) groups is 2. The van der Waals surface area contributed by atoms with Crippen molar-refractivity contribution in [3.8, 4) is 17.2 Å². The zero-order valence-corrected chi connectivity index (χ0v) is 26.2. The van der Waals surface area contributed by atoms with E-state index < -0.39 is 11.9 Å². The lowest BCUT2D eigenvalue weighted by Crippen LogP contribution is -2.32. The topological polar surface area (TPSA) is 108 Å². The van der Waals surface area contributed by atoms with Crippen molar-refractivity contribution in [2.75, 3.05) is 51.5 Å². The maximum atomic E-state index is 12.7. The fourth-order valence-corrected chi connectivity index (χ4v) is 4.21. The minimum Gasteiger partial charge on any atom is -0.497 e. The largest absolute Gasteiger partial charge is 0.497 e. The third kappa shape index (κ3) is 10.9. The van der Waals surface area contributed by atoms with Crippen LogP contribution in [0.15, 0.2) is 133 Å². The Labute approximate surface area is 274 Å². The van der Waals surface area contributed by atoms with Gasteiger partial charge in [0, 0.05) is 5.69 Å². The third-order valence-electron chi connectivity index (χ3n) is 6.67. The second kappa shape index (κ2) is 18.2. The maximum Gasteiger partial charge on any atom is 0.338 e. The molecule has 0 aliphatic carbocycles. The lowest BCUT2D eigenvalue weighted by molar-refractivity contribution is 0.0504. The number of methoxy groups -OCH3 is 1. The van der Waals surface area contributed by atoms with Crippen molar-refractivity contribution < 1.29 is 33.3 Å². The van der Waals surface area contributed by atoms with E-state index in [2.05, 4.69) is 23.4 Å². The van der Waals surface area contributed by atoms with Gasteiger partial charge in [0.25, 0.3) is 0 Å². The summed E-state index contributed by atoms with van der Waals surface area (Å²) in [6.07, 6.45) is 3.29. The lowest BCUT2D eigenvalue weighted by atomic mass is 10.2. The molecular formula is C37H37N3O7. The zero-order valence-electron chi connectivity index (χ0n) is 26.2. The molecule has 4 rings (SSSR count). The average molecular weight is 636 g/mol. The van der Waals surface area contributed by atoms with Gasteiger partial charge in [0.1, 0.15) is 43.7 Å². The average Bonchev–Trinajstić information content (AvgIpc) is 3.12. The van der Waals surface area contributed by atoms with E-state index in [-0.39, 0.29) is 13.2 Å². The molecule has 0 saturated heterocycles. The van der Waals surface area contributed by atoms with Crippen LogP contribution in [0.25, 0.3) is 0 Å². The summed E-state index contributed by atoms with van der Waals surface area (Å²) in [5.74, 6) is 1.09. The fourth-order valence-electron chi connectivity index (χ4n) is 4.21. The van der Waals surface area contributed by atoms with Gasteiger partial charge in [-0.25, -0.2) is 9.59 Å². The van der Waals surface area contributed by atoms with Gasteiger partial charge in [-0.2, -0.15) is 10.2 Å². The van der Waals surface area contributed by atoms with E-state index >= 15 is 0 Å². The van der Waals surface area contributed by atoms with Crippen LogP contribution in [0.5, 0.6) is 17.2 Å². The van der Waals surface area contributed by atoms with Crippen LogP contribution < -0.4 is 19.1 Å². The van der Waals surface area contributed by atoms with Crippen molar-refractivity contribution in [1.82, 2.24) is 0 Å². The van der Waals surface area contributed by atoms with Gasteiger partial charge < -0.3 is 28.6 Å². The summed E-state index contributed by atoms with van der Waals surface area (Å²) in [6.45, 7) is 8.91. The molecule has 242 valence electrons. The number of esters is 2. The van der Waals surface area contributed by atoms with E-state index in [1.54, 1.807) is 67.8 Å². The van der Waals surface area contributed by atoms with Crippen molar-refractivity contribution in [3.05, 3.63) is 133 Å². The van der Waals surface area contributed by atoms with Gasteiger partial charge in [0.15, 0.2) is 0 Å². The van der Waals surface area contributed by atoms with E-state index in [0.29, 0.717) is 60.3 Å². The quantitative estimate of drug-likeness (QED) is 0.0620. The number of hydrogen-bond donors (Lipinski definition) is 0. The Hall–Kier alpha value is -5.90. The van der Waals surface area contributed by atoms with Crippen molar-refractivity contribution in [1.29, 1.82) is 0 Å². The molecule has 0 aliphatic heterocycles. The number of carbonyl (C=O) groups excluding carboxylic acids is 2. The molecule has 0 fully saturated rings. The Morgan fingerprint density at radius 2 is 1.02 bits per heavy atom.